The van der Waals surface area contributed by atoms with Crippen LogP contribution in [0.5, 0.6) is 0 Å². The van der Waals surface area contributed by atoms with Gasteiger partial charge in [0.1, 0.15) is 6.10 Å². The molecule has 1 N–H and O–H groups in total. The van der Waals surface area contributed by atoms with Crippen molar-refractivity contribution < 1.29 is 19.1 Å². The fourth-order valence-corrected chi connectivity index (χ4v) is 5.06. The molecule has 1 aliphatic carbocycles. The molecule has 1 amide bonds. The first-order valence-corrected chi connectivity index (χ1v) is 12.5. The molecule has 0 radical (unpaired) electrons. The molecule has 4 aromatic rings. The molecule has 3 aromatic carbocycles. The second kappa shape index (κ2) is 9.95. The third kappa shape index (κ3) is 4.75. The molecule has 0 spiro atoms. The van der Waals surface area contributed by atoms with E-state index in [1.807, 2.05) is 85.8 Å². The average Bonchev–Trinajstić information content (AvgIpc) is 3.61. The summed E-state index contributed by atoms with van der Waals surface area (Å²) in [7, 11) is 1.44. The number of hydrogen-bond acceptors (Lipinski definition) is 6. The number of carbonyl (C=O) groups is 2. The van der Waals surface area contributed by atoms with E-state index in [1.165, 1.54) is 18.6 Å². The van der Waals surface area contributed by atoms with Crippen molar-refractivity contribution in [1.29, 1.82) is 0 Å². The highest BCUT2D eigenvalue weighted by molar-refractivity contribution is 7.10. The van der Waals surface area contributed by atoms with Gasteiger partial charge in [-0.2, -0.15) is 4.37 Å². The maximum absolute atomic E-state index is 12.5. The molecular weight excluding hydrogens is 472 g/mol. The van der Waals surface area contributed by atoms with Gasteiger partial charge in [-0.25, -0.2) is 4.79 Å². The third-order valence-corrected chi connectivity index (χ3v) is 7.45. The molecule has 1 aliphatic rings. The molecule has 182 valence electrons. The highest BCUT2D eigenvalue weighted by Crippen LogP contribution is 2.49. The van der Waals surface area contributed by atoms with Gasteiger partial charge in [-0.15, -0.1) is 0 Å². The number of esters is 1. The monoisotopic (exact) mass is 498 g/mol. The Morgan fingerprint density at radius 2 is 1.53 bits per heavy atom. The first-order valence-electron chi connectivity index (χ1n) is 11.8. The van der Waals surface area contributed by atoms with Crippen LogP contribution in [0.1, 0.15) is 37.0 Å². The van der Waals surface area contributed by atoms with Crippen LogP contribution >= 0.6 is 11.5 Å². The quantitative estimate of drug-likeness (QED) is 0.278. The molecule has 1 aromatic heterocycles. The largest absolute Gasteiger partial charge is 0.468 e. The Hall–Kier alpha value is -3.97. The van der Waals surface area contributed by atoms with E-state index in [2.05, 4.69) is 9.69 Å². The lowest BCUT2D eigenvalue weighted by atomic mass is 9.93. The summed E-state index contributed by atoms with van der Waals surface area (Å²) in [6, 6.07) is 25.8. The number of benzene rings is 3. The van der Waals surface area contributed by atoms with Gasteiger partial charge >= 0.3 is 12.1 Å². The summed E-state index contributed by atoms with van der Waals surface area (Å²) in [4.78, 5) is 25.5. The molecule has 7 heteroatoms. The summed E-state index contributed by atoms with van der Waals surface area (Å²) in [5.41, 5.74) is 5.15. The van der Waals surface area contributed by atoms with Crippen molar-refractivity contribution in [2.24, 2.45) is 0 Å². The zero-order valence-corrected chi connectivity index (χ0v) is 20.9. The van der Waals surface area contributed by atoms with Gasteiger partial charge in [-0.1, -0.05) is 78.9 Å². The van der Waals surface area contributed by atoms with Crippen LogP contribution in [-0.4, -0.2) is 23.5 Å². The number of nitrogens with zero attached hydrogens (tertiary/aromatic N) is 1. The summed E-state index contributed by atoms with van der Waals surface area (Å²) in [5.74, 6) is -0.160. The number of amides is 1. The Morgan fingerprint density at radius 3 is 2.14 bits per heavy atom. The molecule has 0 aliphatic heterocycles. The van der Waals surface area contributed by atoms with Crippen LogP contribution in [0.2, 0.25) is 0 Å². The van der Waals surface area contributed by atoms with Crippen LogP contribution in [-0.2, 0) is 19.7 Å². The molecule has 1 atom stereocenters. The highest BCUT2D eigenvalue weighted by Gasteiger charge is 2.52. The lowest BCUT2D eigenvalue weighted by Gasteiger charge is -2.14. The average molecular weight is 499 g/mol. The molecule has 0 bridgehead atoms. The van der Waals surface area contributed by atoms with Crippen LogP contribution in [0.15, 0.2) is 85.1 Å². The minimum Gasteiger partial charge on any atom is -0.468 e. The Bertz CT molecular complexity index is 1360. The summed E-state index contributed by atoms with van der Waals surface area (Å²) >= 11 is 1.31. The van der Waals surface area contributed by atoms with Crippen LogP contribution in [0.3, 0.4) is 0 Å². The molecule has 0 saturated heterocycles. The van der Waals surface area contributed by atoms with E-state index < -0.39 is 11.5 Å². The van der Waals surface area contributed by atoms with E-state index in [0.717, 1.165) is 45.5 Å². The van der Waals surface area contributed by atoms with Crippen LogP contribution in [0.25, 0.3) is 21.6 Å². The van der Waals surface area contributed by atoms with Crippen molar-refractivity contribution in [3.8, 4) is 21.6 Å². The van der Waals surface area contributed by atoms with Gasteiger partial charge in [-0.05, 0) is 59.1 Å². The van der Waals surface area contributed by atoms with Crippen molar-refractivity contribution in [1.82, 2.24) is 4.37 Å². The summed E-state index contributed by atoms with van der Waals surface area (Å²) in [6.07, 6.45) is 2.41. The fraction of sp³-hybridized carbons (Fsp3) is 0.207. The number of anilines is 1. The molecule has 1 heterocycles. The number of aromatic nitrogens is 1. The lowest BCUT2D eigenvalue weighted by molar-refractivity contribution is -0.143. The standard InChI is InChI=1S/C29H26N2O4S/c1-19(20-6-4-3-5-7-20)35-28(33)31-25-18-30-36-26(25)23-10-8-21(9-11-23)22-12-14-24(15-13-22)29(16-17-29)27(32)34-2/h3-15,18-19H,16-17H2,1-2H3,(H,31,33). The van der Waals surface area contributed by atoms with Crippen LogP contribution < -0.4 is 5.32 Å². The first kappa shape index (κ1) is 23.8. The van der Waals surface area contributed by atoms with E-state index >= 15 is 0 Å². The van der Waals surface area contributed by atoms with E-state index in [0.29, 0.717) is 5.69 Å². The minimum atomic E-state index is -0.523. The maximum Gasteiger partial charge on any atom is 0.412 e. The summed E-state index contributed by atoms with van der Waals surface area (Å²) in [6.45, 7) is 1.84. The minimum absolute atomic E-state index is 0.160. The molecule has 5 rings (SSSR count). The second-order valence-corrected chi connectivity index (χ2v) is 9.68. The van der Waals surface area contributed by atoms with Crippen molar-refractivity contribution >= 4 is 29.3 Å². The van der Waals surface area contributed by atoms with E-state index in [4.69, 9.17) is 9.47 Å². The maximum atomic E-state index is 12.5. The zero-order chi connectivity index (χ0) is 25.1. The van der Waals surface area contributed by atoms with Gasteiger partial charge < -0.3 is 9.47 Å². The van der Waals surface area contributed by atoms with Crippen LogP contribution in [0.4, 0.5) is 10.5 Å². The van der Waals surface area contributed by atoms with Crippen molar-refractivity contribution in [3.05, 3.63) is 96.2 Å². The normalized spacial score (nSPS) is 14.5. The number of ether oxygens (including phenoxy) is 2. The number of rotatable bonds is 7. The summed E-state index contributed by atoms with van der Waals surface area (Å²) in [5, 5.41) is 2.83. The van der Waals surface area contributed by atoms with Gasteiger partial charge in [0.05, 0.1) is 29.3 Å². The number of methoxy groups -OCH3 is 1. The molecule has 6 nitrogen and oxygen atoms in total. The Labute approximate surface area is 214 Å². The van der Waals surface area contributed by atoms with E-state index in [-0.39, 0.29) is 12.1 Å². The number of nitrogens with one attached hydrogen (secondary N) is 1. The van der Waals surface area contributed by atoms with Crippen molar-refractivity contribution in [2.45, 2.75) is 31.3 Å². The van der Waals surface area contributed by atoms with Crippen LogP contribution in [0, 0.1) is 0 Å². The predicted octanol–water partition coefficient (Wildman–Crippen LogP) is 6.99. The van der Waals surface area contributed by atoms with Gasteiger partial charge in [0.2, 0.25) is 0 Å². The SMILES string of the molecule is COC(=O)C1(c2ccc(-c3ccc(-c4sncc4NC(=O)OC(C)c4ccccc4)cc3)cc2)CC1. The van der Waals surface area contributed by atoms with E-state index in [9.17, 15) is 9.59 Å². The topological polar surface area (TPSA) is 77.5 Å². The molecule has 1 unspecified atom stereocenters. The Kier molecular flexibility index (Phi) is 6.57. The molecule has 1 saturated carbocycles. The predicted molar refractivity (Wildman–Crippen MR) is 141 cm³/mol. The highest BCUT2D eigenvalue weighted by atomic mass is 32.1. The number of hydrogen-bond donors (Lipinski definition) is 1. The van der Waals surface area contributed by atoms with Gasteiger partial charge in [-0.3, -0.25) is 10.1 Å². The van der Waals surface area contributed by atoms with Gasteiger partial charge in [0.25, 0.3) is 0 Å². The molecule has 36 heavy (non-hydrogen) atoms. The molecular formula is C29H26N2O4S. The lowest BCUT2D eigenvalue weighted by Crippen LogP contribution is -2.21. The van der Waals surface area contributed by atoms with E-state index in [1.54, 1.807) is 6.20 Å². The first-order chi connectivity index (χ1) is 17.5. The zero-order valence-electron chi connectivity index (χ0n) is 20.1. The number of carbonyl (C=O) groups excluding carboxylic acids is 2. The Balaban J connectivity index is 1.27. The smallest absolute Gasteiger partial charge is 0.412 e. The van der Waals surface area contributed by atoms with Crippen molar-refractivity contribution in [2.75, 3.05) is 12.4 Å². The third-order valence-electron chi connectivity index (χ3n) is 6.60. The molecule has 1 fully saturated rings. The fourth-order valence-electron chi connectivity index (χ4n) is 4.36. The summed E-state index contributed by atoms with van der Waals surface area (Å²) < 4.78 is 14.8. The van der Waals surface area contributed by atoms with Gasteiger partial charge in [0, 0.05) is 0 Å². The second-order valence-electron chi connectivity index (χ2n) is 8.88. The van der Waals surface area contributed by atoms with Gasteiger partial charge in [0.15, 0.2) is 0 Å². The Morgan fingerprint density at radius 1 is 0.917 bits per heavy atom. The van der Waals surface area contributed by atoms with Crippen molar-refractivity contribution in [3.63, 3.8) is 0 Å².